The average molecular weight is 275 g/mol. The van der Waals surface area contributed by atoms with Crippen LogP contribution in [-0.4, -0.2) is 25.5 Å². The number of anilines is 1. The first-order valence-electron chi connectivity index (χ1n) is 7.73. The number of benzene rings is 1. The summed E-state index contributed by atoms with van der Waals surface area (Å²) in [5.74, 6) is 1.70. The van der Waals surface area contributed by atoms with Crippen LogP contribution in [-0.2, 0) is 4.79 Å². The van der Waals surface area contributed by atoms with Crippen molar-refractivity contribution in [3.8, 4) is 0 Å². The second-order valence-corrected chi connectivity index (χ2v) is 6.52. The summed E-state index contributed by atoms with van der Waals surface area (Å²) in [7, 11) is 0. The maximum Gasteiger partial charge on any atom is 0.230 e. The van der Waals surface area contributed by atoms with E-state index in [-0.39, 0.29) is 5.91 Å². The van der Waals surface area contributed by atoms with Crippen molar-refractivity contribution in [1.82, 2.24) is 0 Å². The van der Waals surface area contributed by atoms with Crippen molar-refractivity contribution in [1.29, 1.82) is 0 Å². The van der Waals surface area contributed by atoms with Crippen molar-refractivity contribution in [3.63, 3.8) is 0 Å². The molecular formula is C17H27N2O+. The van der Waals surface area contributed by atoms with Gasteiger partial charge in [0.1, 0.15) is 0 Å². The van der Waals surface area contributed by atoms with Crippen molar-refractivity contribution >= 4 is 11.6 Å². The highest BCUT2D eigenvalue weighted by molar-refractivity contribution is 5.90. The molecule has 1 aromatic rings. The third kappa shape index (κ3) is 4.64. The van der Waals surface area contributed by atoms with Gasteiger partial charge in [-0.3, -0.25) is 4.79 Å². The molecule has 110 valence electrons. The van der Waals surface area contributed by atoms with Crippen LogP contribution in [0.25, 0.3) is 0 Å². The van der Waals surface area contributed by atoms with Gasteiger partial charge in [0.15, 0.2) is 0 Å². The molecule has 0 unspecified atom stereocenters. The van der Waals surface area contributed by atoms with E-state index < -0.39 is 0 Å². The van der Waals surface area contributed by atoms with E-state index in [1.165, 1.54) is 25.1 Å². The van der Waals surface area contributed by atoms with Gasteiger partial charge in [0.05, 0.1) is 26.1 Å². The number of carbonyl (C=O) groups excluding carboxylic acids is 1. The maximum absolute atomic E-state index is 12.0. The molecule has 1 aromatic carbocycles. The molecule has 0 radical (unpaired) electrons. The molecule has 1 aliphatic heterocycles. The molecule has 1 fully saturated rings. The van der Waals surface area contributed by atoms with Crippen molar-refractivity contribution in [2.75, 3.05) is 25.0 Å². The number of piperidine rings is 1. The molecule has 1 amide bonds. The number of nitrogens with one attached hydrogen (secondary N) is 2. The molecule has 3 heteroatoms. The van der Waals surface area contributed by atoms with E-state index in [9.17, 15) is 4.79 Å². The molecule has 2 atom stereocenters. The monoisotopic (exact) mass is 275 g/mol. The van der Waals surface area contributed by atoms with E-state index in [1.54, 1.807) is 4.90 Å². The summed E-state index contributed by atoms with van der Waals surface area (Å²) < 4.78 is 0. The molecule has 0 saturated carbocycles. The van der Waals surface area contributed by atoms with Gasteiger partial charge in [0, 0.05) is 17.5 Å². The van der Waals surface area contributed by atoms with Crippen LogP contribution < -0.4 is 10.2 Å². The minimum absolute atomic E-state index is 0.132. The number of amides is 1. The van der Waals surface area contributed by atoms with Crippen LogP contribution in [0.5, 0.6) is 0 Å². The van der Waals surface area contributed by atoms with E-state index in [2.05, 4.69) is 19.2 Å². The average Bonchev–Trinajstić information content (AvgIpc) is 2.38. The Morgan fingerprint density at radius 1 is 1.20 bits per heavy atom. The maximum atomic E-state index is 12.0. The zero-order valence-corrected chi connectivity index (χ0v) is 12.9. The highest BCUT2D eigenvalue weighted by atomic mass is 16.1. The summed E-state index contributed by atoms with van der Waals surface area (Å²) in [6, 6.07) is 7.97. The number of carbonyl (C=O) groups is 1. The number of aryl methyl sites for hydroxylation is 1. The Morgan fingerprint density at radius 2 is 1.80 bits per heavy atom. The Labute approximate surface area is 122 Å². The van der Waals surface area contributed by atoms with Crippen LogP contribution >= 0.6 is 0 Å². The normalized spacial score (nSPS) is 26.2. The van der Waals surface area contributed by atoms with Gasteiger partial charge < -0.3 is 10.2 Å². The van der Waals surface area contributed by atoms with Crippen molar-refractivity contribution in [3.05, 3.63) is 29.8 Å². The third-order valence-corrected chi connectivity index (χ3v) is 4.12. The van der Waals surface area contributed by atoms with Gasteiger partial charge in [-0.15, -0.1) is 0 Å². The Morgan fingerprint density at radius 3 is 2.40 bits per heavy atom. The van der Waals surface area contributed by atoms with Crippen molar-refractivity contribution < 1.29 is 9.69 Å². The molecule has 0 aromatic heterocycles. The number of quaternary nitrogens is 1. The largest absolute Gasteiger partial charge is 0.334 e. The SMILES string of the molecule is Cc1ccc(NC(=O)CC[NH+]2C[C@H](C)C[C@@H](C)C2)cc1. The van der Waals surface area contributed by atoms with E-state index >= 15 is 0 Å². The smallest absolute Gasteiger partial charge is 0.230 e. The lowest BCUT2D eigenvalue weighted by atomic mass is 9.92. The fraction of sp³-hybridized carbons (Fsp3) is 0.588. The molecule has 1 aliphatic rings. The molecule has 2 rings (SSSR count). The first-order valence-corrected chi connectivity index (χ1v) is 7.73. The summed E-state index contributed by atoms with van der Waals surface area (Å²) in [4.78, 5) is 13.6. The van der Waals surface area contributed by atoms with Gasteiger partial charge in [-0.05, 0) is 25.5 Å². The lowest BCUT2D eigenvalue weighted by Gasteiger charge is -2.31. The summed E-state index contributed by atoms with van der Waals surface area (Å²) in [6.07, 6.45) is 1.95. The van der Waals surface area contributed by atoms with Crippen LogP contribution in [0.1, 0.15) is 32.3 Å². The molecule has 2 N–H and O–H groups in total. The zero-order chi connectivity index (χ0) is 14.5. The van der Waals surface area contributed by atoms with Crippen LogP contribution in [0.3, 0.4) is 0 Å². The summed E-state index contributed by atoms with van der Waals surface area (Å²) in [6.45, 7) is 10.1. The molecule has 20 heavy (non-hydrogen) atoms. The highest BCUT2D eigenvalue weighted by Gasteiger charge is 2.25. The lowest BCUT2D eigenvalue weighted by Crippen LogP contribution is -3.14. The van der Waals surface area contributed by atoms with Gasteiger partial charge in [-0.2, -0.15) is 0 Å². The fourth-order valence-electron chi connectivity index (χ4n) is 3.28. The van der Waals surface area contributed by atoms with E-state index in [4.69, 9.17) is 0 Å². The third-order valence-electron chi connectivity index (χ3n) is 4.12. The summed E-state index contributed by atoms with van der Waals surface area (Å²) >= 11 is 0. The van der Waals surface area contributed by atoms with E-state index in [1.807, 2.05) is 31.2 Å². The van der Waals surface area contributed by atoms with Crippen LogP contribution in [0, 0.1) is 18.8 Å². The Bertz CT molecular complexity index is 431. The highest BCUT2D eigenvalue weighted by Crippen LogP contribution is 2.12. The van der Waals surface area contributed by atoms with Crippen LogP contribution in [0.15, 0.2) is 24.3 Å². The van der Waals surface area contributed by atoms with Crippen LogP contribution in [0.2, 0.25) is 0 Å². The first-order chi connectivity index (χ1) is 9.52. The van der Waals surface area contributed by atoms with Gasteiger partial charge >= 0.3 is 0 Å². The second kappa shape index (κ2) is 6.89. The Hall–Kier alpha value is -1.35. The fourth-order valence-corrected chi connectivity index (χ4v) is 3.28. The first kappa shape index (κ1) is 15.0. The standard InChI is InChI=1S/C17H26N2O/c1-13-4-6-16(7-5-13)18-17(20)8-9-19-11-14(2)10-15(3)12-19/h4-7,14-15H,8-12H2,1-3H3,(H,18,20)/p+1/t14-,15-/m1/s1. The Kier molecular flexibility index (Phi) is 5.18. The number of hydrogen-bond acceptors (Lipinski definition) is 1. The molecule has 3 nitrogen and oxygen atoms in total. The van der Waals surface area contributed by atoms with Gasteiger partial charge in [0.25, 0.3) is 0 Å². The van der Waals surface area contributed by atoms with Crippen LogP contribution in [0.4, 0.5) is 5.69 Å². The zero-order valence-electron chi connectivity index (χ0n) is 12.9. The van der Waals surface area contributed by atoms with E-state index in [0.29, 0.717) is 6.42 Å². The minimum atomic E-state index is 0.132. The van der Waals surface area contributed by atoms with Crippen molar-refractivity contribution in [2.24, 2.45) is 11.8 Å². The Balaban J connectivity index is 1.76. The number of rotatable bonds is 4. The quantitative estimate of drug-likeness (QED) is 0.864. The predicted octanol–water partition coefficient (Wildman–Crippen LogP) is 1.88. The number of likely N-dealkylation sites (tertiary alicyclic amines) is 1. The molecule has 1 saturated heterocycles. The van der Waals surface area contributed by atoms with E-state index in [0.717, 1.165) is 24.1 Å². The topological polar surface area (TPSA) is 33.5 Å². The minimum Gasteiger partial charge on any atom is -0.334 e. The lowest BCUT2D eigenvalue weighted by molar-refractivity contribution is -0.911. The summed E-state index contributed by atoms with van der Waals surface area (Å²) in [5, 5.41) is 2.98. The molecule has 0 aliphatic carbocycles. The second-order valence-electron chi connectivity index (χ2n) is 6.52. The van der Waals surface area contributed by atoms with Crippen molar-refractivity contribution in [2.45, 2.75) is 33.6 Å². The molecule has 1 heterocycles. The molecular weight excluding hydrogens is 248 g/mol. The number of hydrogen-bond donors (Lipinski definition) is 2. The van der Waals surface area contributed by atoms with Gasteiger partial charge in [0.2, 0.25) is 5.91 Å². The van der Waals surface area contributed by atoms with Gasteiger partial charge in [-0.1, -0.05) is 31.5 Å². The van der Waals surface area contributed by atoms with Gasteiger partial charge in [-0.25, -0.2) is 0 Å². The molecule has 0 spiro atoms. The molecule has 0 bridgehead atoms. The predicted molar refractivity (Wildman–Crippen MR) is 82.9 cm³/mol. The summed E-state index contributed by atoms with van der Waals surface area (Å²) in [5.41, 5.74) is 2.11.